The SMILES string of the molecule is Cc1ncccc1C(=O)N[C@@H](CSSC[C@H](NC(=O)c1cccnc1C)C(=O)N1CCC[C@H]1C(=O)N[C@@H](Cc1ccccc1)C(=O)NCCCN)C(=O)N1CCC[C@H]1C(=O)N[C@@H](Cc1ccccc1)C(=O)NCCCN. The van der Waals surface area contributed by atoms with Crippen LogP contribution in [-0.4, -0.2) is 154 Å². The van der Waals surface area contributed by atoms with Gasteiger partial charge in [-0.2, -0.15) is 0 Å². The number of aryl methyl sites for hydroxylation is 2. The van der Waals surface area contributed by atoms with Gasteiger partial charge in [0, 0.05) is 74.3 Å². The smallest absolute Gasteiger partial charge is 0.253 e. The predicted octanol–water partition coefficient (Wildman–Crippen LogP) is 1.74. The minimum atomic E-state index is -1.18. The number of carbonyl (C=O) groups is 8. The lowest BCUT2D eigenvalue weighted by atomic mass is 10.0. The van der Waals surface area contributed by atoms with Gasteiger partial charge in [0.2, 0.25) is 35.4 Å². The average molecular weight is 1080 g/mol. The Hall–Kier alpha value is -6.88. The number of nitrogens with two attached hydrogens (primary N) is 2. The van der Waals surface area contributed by atoms with Crippen LogP contribution in [0.5, 0.6) is 0 Å². The molecule has 0 saturated carbocycles. The van der Waals surface area contributed by atoms with Crippen LogP contribution in [-0.2, 0) is 41.6 Å². The van der Waals surface area contributed by atoms with E-state index in [0.717, 1.165) is 11.1 Å². The van der Waals surface area contributed by atoms with Crippen LogP contribution in [0.1, 0.15) is 81.8 Å². The maximum Gasteiger partial charge on any atom is 0.253 e. The summed E-state index contributed by atoms with van der Waals surface area (Å²) in [5.74, 6) is -4.01. The standard InChI is InChI=1S/C54H70N12O8S2/c1-35-39(19-9-25-57-35)47(67)63-43(53(73)65-29-11-21-45(65)51(71)61-41(49(69)59-27-13-23-55)31-37-15-5-3-6-16-37)33-75-76-34-44(64-48(68)40-20-10-26-58-36(40)2)54(74)66-30-12-22-46(66)52(72)62-42(50(70)60-28-14-24-56)32-38-17-7-4-8-18-38/h3-10,15-20,25-26,41-46H,11-14,21-24,27-34,55-56H2,1-2H3,(H,59,69)(H,60,70)(H,61,71)(H,62,72)(H,63,67)(H,64,68)/t41-,42-,43-,44-,45-,46-/m0/s1. The number of pyridine rings is 2. The Bertz CT molecular complexity index is 2440. The molecule has 0 unspecified atom stereocenters. The third-order valence-electron chi connectivity index (χ3n) is 13.1. The average Bonchev–Trinajstić information content (AvgIpc) is 4.13. The summed E-state index contributed by atoms with van der Waals surface area (Å²) in [4.78, 5) is 124. The number of likely N-dealkylation sites (tertiary alicyclic amines) is 2. The van der Waals surface area contributed by atoms with Crippen molar-refractivity contribution in [1.82, 2.24) is 51.7 Å². The molecule has 0 radical (unpaired) electrons. The molecule has 2 fully saturated rings. The summed E-state index contributed by atoms with van der Waals surface area (Å²) >= 11 is 0. The Morgan fingerprint density at radius 3 is 1.32 bits per heavy atom. The quantitative estimate of drug-likeness (QED) is 0.0312. The highest BCUT2D eigenvalue weighted by atomic mass is 33.1. The van der Waals surface area contributed by atoms with Gasteiger partial charge in [-0.3, -0.25) is 48.3 Å². The molecule has 2 aliphatic rings. The molecule has 20 nitrogen and oxygen atoms in total. The van der Waals surface area contributed by atoms with Gasteiger partial charge >= 0.3 is 0 Å². The fourth-order valence-electron chi connectivity index (χ4n) is 9.04. The van der Waals surface area contributed by atoms with Crippen molar-refractivity contribution in [3.63, 3.8) is 0 Å². The summed E-state index contributed by atoms with van der Waals surface area (Å²) in [7, 11) is 2.35. The van der Waals surface area contributed by atoms with Gasteiger partial charge in [0.25, 0.3) is 11.8 Å². The first-order chi connectivity index (χ1) is 36.8. The summed E-state index contributed by atoms with van der Waals surface area (Å²) in [6, 6.07) is 18.8. The van der Waals surface area contributed by atoms with Crippen molar-refractivity contribution >= 4 is 68.8 Å². The first-order valence-corrected chi connectivity index (χ1v) is 28.2. The summed E-state index contributed by atoms with van der Waals surface area (Å²) in [5, 5.41) is 17.3. The van der Waals surface area contributed by atoms with Crippen molar-refractivity contribution < 1.29 is 38.4 Å². The Balaban J connectivity index is 1.19. The zero-order valence-corrected chi connectivity index (χ0v) is 44.7. The number of hydrogen-bond acceptors (Lipinski definition) is 14. The highest BCUT2D eigenvalue weighted by molar-refractivity contribution is 8.76. The second-order valence-electron chi connectivity index (χ2n) is 18.6. The number of nitrogens with zero attached hydrogens (tertiary/aromatic N) is 4. The van der Waals surface area contributed by atoms with E-state index in [9.17, 15) is 38.4 Å². The summed E-state index contributed by atoms with van der Waals surface area (Å²) in [6.07, 6.45) is 6.24. The summed E-state index contributed by atoms with van der Waals surface area (Å²) in [6.45, 7) is 5.18. The fourth-order valence-corrected chi connectivity index (χ4v) is 11.3. The van der Waals surface area contributed by atoms with Gasteiger partial charge in [0.05, 0.1) is 11.1 Å². The third-order valence-corrected chi connectivity index (χ3v) is 15.6. The zero-order chi connectivity index (χ0) is 54.4. The van der Waals surface area contributed by atoms with E-state index in [2.05, 4.69) is 41.9 Å². The van der Waals surface area contributed by atoms with Crippen molar-refractivity contribution in [3.05, 3.63) is 131 Å². The second-order valence-corrected chi connectivity index (χ2v) is 21.2. The van der Waals surface area contributed by atoms with Crippen LogP contribution >= 0.6 is 21.6 Å². The third kappa shape index (κ3) is 16.8. The largest absolute Gasteiger partial charge is 0.354 e. The van der Waals surface area contributed by atoms with E-state index in [4.69, 9.17) is 11.5 Å². The Morgan fingerprint density at radius 2 is 0.947 bits per heavy atom. The number of carbonyl (C=O) groups excluding carboxylic acids is 8. The van der Waals surface area contributed by atoms with Gasteiger partial charge in [0.15, 0.2) is 0 Å². The van der Waals surface area contributed by atoms with Crippen LogP contribution in [0.3, 0.4) is 0 Å². The van der Waals surface area contributed by atoms with Crippen molar-refractivity contribution in [2.45, 2.75) is 101 Å². The van der Waals surface area contributed by atoms with Gasteiger partial charge in [0.1, 0.15) is 36.3 Å². The van der Waals surface area contributed by atoms with Crippen LogP contribution in [0.2, 0.25) is 0 Å². The summed E-state index contributed by atoms with van der Waals surface area (Å²) < 4.78 is 0. The first-order valence-electron chi connectivity index (χ1n) is 25.7. The van der Waals surface area contributed by atoms with Gasteiger partial charge in [-0.1, -0.05) is 82.3 Å². The lowest BCUT2D eigenvalue weighted by Gasteiger charge is -2.30. The maximum absolute atomic E-state index is 14.7. The molecule has 6 rings (SSSR count). The molecule has 4 aromatic rings. The van der Waals surface area contributed by atoms with Crippen LogP contribution < -0.4 is 43.4 Å². The van der Waals surface area contributed by atoms with Gasteiger partial charge in [-0.25, -0.2) is 0 Å². The lowest BCUT2D eigenvalue weighted by molar-refractivity contribution is -0.140. The number of nitrogens with one attached hydrogen (secondary N) is 6. The number of amides is 8. The monoisotopic (exact) mass is 1080 g/mol. The molecule has 2 aromatic heterocycles. The number of rotatable bonds is 27. The van der Waals surface area contributed by atoms with Crippen LogP contribution in [0.15, 0.2) is 97.3 Å². The Labute approximate surface area is 451 Å². The lowest BCUT2D eigenvalue weighted by Crippen LogP contribution is -2.57. The van der Waals surface area contributed by atoms with Gasteiger partial charge in [-0.05, 0) is 101 Å². The first kappa shape index (κ1) is 58.4. The van der Waals surface area contributed by atoms with E-state index in [-0.39, 0.29) is 60.4 Å². The Morgan fingerprint density at radius 1 is 0.553 bits per heavy atom. The molecule has 8 amide bonds. The van der Waals surface area contributed by atoms with Crippen molar-refractivity contribution in [1.29, 1.82) is 0 Å². The minimum absolute atomic E-state index is 0.0268. The maximum atomic E-state index is 14.7. The van der Waals surface area contributed by atoms with Gasteiger partial charge < -0.3 is 53.2 Å². The van der Waals surface area contributed by atoms with Crippen molar-refractivity contribution in [2.24, 2.45) is 11.5 Å². The molecular formula is C54H70N12O8S2. The predicted molar refractivity (Wildman–Crippen MR) is 292 cm³/mol. The Kier molecular flexibility index (Phi) is 23.1. The van der Waals surface area contributed by atoms with E-state index in [0.29, 0.717) is 76.1 Å². The van der Waals surface area contributed by atoms with E-state index < -0.39 is 71.7 Å². The molecule has 22 heteroatoms. The van der Waals surface area contributed by atoms with Crippen molar-refractivity contribution in [3.8, 4) is 0 Å². The molecule has 0 bridgehead atoms. The zero-order valence-electron chi connectivity index (χ0n) is 43.0. The van der Waals surface area contributed by atoms with E-state index in [1.54, 1.807) is 50.5 Å². The number of benzene rings is 2. The van der Waals surface area contributed by atoms with E-state index in [1.807, 2.05) is 60.7 Å². The molecule has 406 valence electrons. The summed E-state index contributed by atoms with van der Waals surface area (Å²) in [5.41, 5.74) is 14.4. The molecule has 2 aliphatic heterocycles. The fraction of sp³-hybridized carbons (Fsp3) is 0.444. The van der Waals surface area contributed by atoms with Gasteiger partial charge in [-0.15, -0.1) is 0 Å². The highest BCUT2D eigenvalue weighted by Gasteiger charge is 2.41. The van der Waals surface area contributed by atoms with E-state index >= 15 is 0 Å². The molecule has 2 aromatic carbocycles. The molecule has 76 heavy (non-hydrogen) atoms. The second kappa shape index (κ2) is 30.0. The van der Waals surface area contributed by atoms with Crippen LogP contribution in [0, 0.1) is 13.8 Å². The van der Waals surface area contributed by atoms with E-state index in [1.165, 1.54) is 31.4 Å². The number of aromatic nitrogens is 2. The molecule has 0 aliphatic carbocycles. The molecule has 4 heterocycles. The van der Waals surface area contributed by atoms with Crippen LogP contribution in [0.25, 0.3) is 0 Å². The number of hydrogen-bond donors (Lipinski definition) is 8. The molecule has 2 saturated heterocycles. The topological polar surface area (TPSA) is 293 Å². The minimum Gasteiger partial charge on any atom is -0.354 e. The molecule has 6 atom stereocenters. The normalized spacial score (nSPS) is 16.6. The molecule has 0 spiro atoms. The molecular weight excluding hydrogens is 1010 g/mol. The van der Waals surface area contributed by atoms with Crippen molar-refractivity contribution in [2.75, 3.05) is 50.8 Å². The highest BCUT2D eigenvalue weighted by Crippen LogP contribution is 2.28. The van der Waals surface area contributed by atoms with Crippen LogP contribution in [0.4, 0.5) is 0 Å². The molecule has 10 N–H and O–H groups in total.